The van der Waals surface area contributed by atoms with Crippen LogP contribution in [0.5, 0.6) is 11.5 Å². The van der Waals surface area contributed by atoms with Crippen molar-refractivity contribution in [3.63, 3.8) is 0 Å². The van der Waals surface area contributed by atoms with E-state index >= 15 is 0 Å². The molecule has 7 heteroatoms. The first kappa shape index (κ1) is 51.1. The fraction of sp³-hybridized carbons (Fsp3) is 0.216. The molecular weight excluding hydrogens is 1170 g/mol. The topological polar surface area (TPSA) is 58.0 Å². The summed E-state index contributed by atoms with van der Waals surface area (Å²) in [6.07, 6.45) is 9.76. The molecule has 1 fully saturated rings. The zero-order valence-electron chi connectivity index (χ0n) is 48.1. The molecule has 0 saturated heterocycles. The predicted molar refractivity (Wildman–Crippen MR) is 331 cm³/mol. The van der Waals surface area contributed by atoms with Crippen molar-refractivity contribution in [1.82, 2.24) is 19.1 Å². The van der Waals surface area contributed by atoms with Gasteiger partial charge in [0.25, 0.3) is 0 Å². The molecular formula is C74H64N4O2Pt. The molecule has 0 bridgehead atoms. The Morgan fingerprint density at radius 3 is 2.07 bits per heavy atom. The molecule has 6 nitrogen and oxygen atoms in total. The van der Waals surface area contributed by atoms with Crippen molar-refractivity contribution in [2.45, 2.75) is 97.8 Å². The molecule has 9 aromatic carbocycles. The number of imidazole rings is 1. The van der Waals surface area contributed by atoms with E-state index < -0.39 is 5.89 Å². The molecule has 0 N–H and O–H groups in total. The molecule has 14 rings (SSSR count). The molecule has 0 atom stereocenters. The number of nitrogens with zero attached hydrogens (tertiary/aromatic N) is 4. The van der Waals surface area contributed by atoms with Gasteiger partial charge in [-0.2, -0.15) is 6.07 Å². The van der Waals surface area contributed by atoms with Crippen LogP contribution in [0.1, 0.15) is 105 Å². The fourth-order valence-electron chi connectivity index (χ4n) is 12.3. The van der Waals surface area contributed by atoms with E-state index in [1.807, 2.05) is 24.7 Å². The van der Waals surface area contributed by atoms with Gasteiger partial charge < -0.3 is 18.3 Å². The minimum Gasteiger partial charge on any atom is -0.503 e. The number of para-hydroxylation sites is 1. The molecule has 1 aliphatic carbocycles. The second-order valence-corrected chi connectivity index (χ2v) is 24.9. The van der Waals surface area contributed by atoms with Crippen molar-refractivity contribution in [3.05, 3.63) is 217 Å². The number of fused-ring (bicyclic) bond motifs is 9. The number of ether oxygens (including phenoxy) is 1. The third kappa shape index (κ3) is 9.46. The summed E-state index contributed by atoms with van der Waals surface area (Å²) >= 11 is 0. The number of furan rings is 1. The van der Waals surface area contributed by atoms with Gasteiger partial charge in [0.2, 0.25) is 0 Å². The van der Waals surface area contributed by atoms with Crippen molar-refractivity contribution in [2.75, 3.05) is 0 Å². The van der Waals surface area contributed by atoms with E-state index in [0.29, 0.717) is 33.9 Å². The Bertz CT molecular complexity index is 4620. The number of aromatic nitrogens is 4. The zero-order chi connectivity index (χ0) is 55.6. The Morgan fingerprint density at radius 1 is 0.593 bits per heavy atom. The number of hydrogen-bond donors (Lipinski definition) is 0. The van der Waals surface area contributed by atoms with Gasteiger partial charge in [-0.15, -0.1) is 17.5 Å². The van der Waals surface area contributed by atoms with Gasteiger partial charge in [-0.05, 0) is 162 Å². The second-order valence-electron chi connectivity index (χ2n) is 24.9. The Balaban J connectivity index is 0.00000631. The summed E-state index contributed by atoms with van der Waals surface area (Å²) < 4.78 is 27.9. The summed E-state index contributed by atoms with van der Waals surface area (Å²) in [5.41, 5.74) is 13.2. The van der Waals surface area contributed by atoms with Crippen LogP contribution in [0.25, 0.3) is 110 Å². The summed E-state index contributed by atoms with van der Waals surface area (Å²) in [5.74, 6) is 2.04. The van der Waals surface area contributed by atoms with Crippen molar-refractivity contribution in [3.8, 4) is 56.6 Å². The second kappa shape index (κ2) is 19.9. The van der Waals surface area contributed by atoms with E-state index in [0.717, 1.165) is 119 Å². The van der Waals surface area contributed by atoms with Crippen molar-refractivity contribution in [2.24, 2.45) is 5.41 Å². The predicted octanol–water partition coefficient (Wildman–Crippen LogP) is 20.2. The smallest absolute Gasteiger partial charge is 0.503 e. The number of benzene rings is 9. The summed E-state index contributed by atoms with van der Waals surface area (Å²) in [6, 6.07) is 68.1. The Hall–Kier alpha value is -8.05. The maximum absolute atomic E-state index is 9.37. The normalized spacial score (nSPS) is 14.7. The van der Waals surface area contributed by atoms with Crippen molar-refractivity contribution < 1.29 is 31.6 Å². The average Bonchev–Trinajstić information content (AvgIpc) is 4.40. The molecule has 81 heavy (non-hydrogen) atoms. The van der Waals surface area contributed by atoms with Crippen LogP contribution in [0, 0.1) is 17.5 Å². The van der Waals surface area contributed by atoms with Crippen LogP contribution in [0.15, 0.2) is 193 Å². The van der Waals surface area contributed by atoms with Gasteiger partial charge in [-0.1, -0.05) is 187 Å². The Kier molecular flexibility index (Phi) is 12.6. The quantitative estimate of drug-likeness (QED) is 0.112. The number of pyridine rings is 1. The largest absolute Gasteiger partial charge is 2.00 e. The van der Waals surface area contributed by atoms with E-state index in [4.69, 9.17) is 19.1 Å². The van der Waals surface area contributed by atoms with E-state index in [9.17, 15) is 1.37 Å². The molecule has 0 spiro atoms. The molecule has 1 saturated carbocycles. The van der Waals surface area contributed by atoms with Crippen molar-refractivity contribution >= 4 is 65.3 Å². The van der Waals surface area contributed by atoms with Gasteiger partial charge in [0.15, 0.2) is 0 Å². The van der Waals surface area contributed by atoms with E-state index in [1.165, 1.54) is 16.7 Å². The van der Waals surface area contributed by atoms with Gasteiger partial charge >= 0.3 is 21.1 Å². The van der Waals surface area contributed by atoms with Crippen LogP contribution in [-0.4, -0.2) is 19.1 Å². The minimum atomic E-state index is -0.521. The molecule has 0 radical (unpaired) electrons. The van der Waals surface area contributed by atoms with E-state index in [2.05, 4.69) is 240 Å². The Morgan fingerprint density at radius 2 is 1.30 bits per heavy atom. The zero-order valence-corrected chi connectivity index (χ0v) is 49.4. The third-order valence-corrected chi connectivity index (χ3v) is 16.9. The molecule has 0 amide bonds. The van der Waals surface area contributed by atoms with Crippen molar-refractivity contribution in [1.29, 1.82) is 0 Å². The van der Waals surface area contributed by atoms with Gasteiger partial charge in [0.1, 0.15) is 11.4 Å². The van der Waals surface area contributed by atoms with Gasteiger partial charge in [0, 0.05) is 48.1 Å². The van der Waals surface area contributed by atoms with Gasteiger partial charge in [-0.3, -0.25) is 4.98 Å². The molecule has 13 aromatic rings. The monoisotopic (exact) mass is 1240 g/mol. The number of rotatable bonds is 8. The van der Waals surface area contributed by atoms with E-state index in [1.54, 1.807) is 0 Å². The SMILES string of the molecule is [2H]C1(c2ccc(-c3ccc4c(ccc5cc6c(cc54)oc4c(-c5nccn5-c5ccc(-c7ccccc7)cc5C(C)(C)C)[c-]c(Oc5[c-]c7c(cc5)c5ccccc5n7-c5cc(C(C)(C)C)ccn5)cc46)c3)cc2)CCC(C)(C)CC1.[Pt+2]. The minimum absolute atomic E-state index is 0. The van der Waals surface area contributed by atoms with Crippen LogP contribution in [0.3, 0.4) is 0 Å². The molecule has 4 aromatic heterocycles. The third-order valence-electron chi connectivity index (χ3n) is 16.9. The van der Waals surface area contributed by atoms with Crippen LogP contribution in [-0.2, 0) is 31.9 Å². The first-order valence-corrected chi connectivity index (χ1v) is 28.2. The first-order chi connectivity index (χ1) is 38.9. The molecule has 0 unspecified atom stereocenters. The summed E-state index contributed by atoms with van der Waals surface area (Å²) in [4.78, 5) is 10.1. The summed E-state index contributed by atoms with van der Waals surface area (Å²) in [5, 5.41) is 8.54. The Labute approximate surface area is 490 Å². The molecule has 0 aliphatic heterocycles. The average molecular weight is 1240 g/mol. The molecule has 4 heterocycles. The maximum Gasteiger partial charge on any atom is 2.00 e. The fourth-order valence-corrected chi connectivity index (χ4v) is 12.3. The molecule has 402 valence electrons. The standard InChI is InChI=1S/C74H64N4O2.Pt/c1-72(2,3)54-32-35-75-69(41-54)78-65-17-13-12-16-58(65)59-28-26-55(44-67(59)78)79-56-42-62-61-39-53-23-22-52-38-50(48-20-18-47(19-21-48)49-30-33-74(7,8)34-31-49)24-27-57(52)60(53)45-68(61)80-70(62)63(43-56)71-76-36-37-77(71)66-29-25-51(40-64(66)73(4,5)6)46-14-10-9-11-15-46;/h9-29,32,35-42,45,49H,30-31,33-34H2,1-8H3;/q-2;+2/i49D;. The van der Waals surface area contributed by atoms with E-state index in [-0.39, 0.29) is 31.9 Å². The van der Waals surface area contributed by atoms with Gasteiger partial charge in [-0.25, -0.2) is 4.98 Å². The summed E-state index contributed by atoms with van der Waals surface area (Å²) in [6.45, 7) is 18.1. The first-order valence-electron chi connectivity index (χ1n) is 28.7. The number of hydrogen-bond acceptors (Lipinski definition) is 4. The van der Waals surface area contributed by atoms with Crippen LogP contribution in [0.4, 0.5) is 0 Å². The van der Waals surface area contributed by atoms with Crippen LogP contribution in [0.2, 0.25) is 0 Å². The van der Waals surface area contributed by atoms with Gasteiger partial charge in [0.05, 0.1) is 11.4 Å². The summed E-state index contributed by atoms with van der Waals surface area (Å²) in [7, 11) is 0. The van der Waals surface area contributed by atoms with Crippen LogP contribution < -0.4 is 4.74 Å². The maximum atomic E-state index is 9.37. The molecule has 1 aliphatic rings. The van der Waals surface area contributed by atoms with Crippen LogP contribution >= 0.6 is 0 Å².